The first-order valence-corrected chi connectivity index (χ1v) is 8.80. The summed E-state index contributed by atoms with van der Waals surface area (Å²) in [6, 6.07) is 0. The number of carbonyl (C=O) groups excluding carboxylic acids is 1. The number of thioether (sulfide) groups is 1. The molecule has 1 heterocycles. The highest BCUT2D eigenvalue weighted by Crippen LogP contribution is 2.20. The number of hydrogen-bond acceptors (Lipinski definition) is 5. The SMILES string of the molecule is CCNC(C)(CCCCSCC1CCCO1)C(=O)OC. The highest BCUT2D eigenvalue weighted by atomic mass is 32.2. The molecule has 2 unspecified atom stereocenters. The second kappa shape index (κ2) is 9.64. The van der Waals surface area contributed by atoms with E-state index in [2.05, 4.69) is 5.32 Å². The molecule has 0 aliphatic carbocycles. The Morgan fingerprint density at radius 3 is 2.90 bits per heavy atom. The van der Waals surface area contributed by atoms with E-state index in [1.807, 2.05) is 25.6 Å². The van der Waals surface area contributed by atoms with Crippen molar-refractivity contribution in [2.24, 2.45) is 0 Å². The lowest BCUT2D eigenvalue weighted by Gasteiger charge is -2.27. The van der Waals surface area contributed by atoms with Crippen LogP contribution in [0, 0.1) is 0 Å². The van der Waals surface area contributed by atoms with Crippen LogP contribution in [0.15, 0.2) is 0 Å². The van der Waals surface area contributed by atoms with Gasteiger partial charge in [0.25, 0.3) is 0 Å². The minimum absolute atomic E-state index is 0.161. The molecular weight excluding hydrogens is 274 g/mol. The van der Waals surface area contributed by atoms with Gasteiger partial charge < -0.3 is 14.8 Å². The molecule has 0 spiro atoms. The largest absolute Gasteiger partial charge is 0.468 e. The molecule has 1 rings (SSSR count). The Morgan fingerprint density at radius 2 is 2.30 bits per heavy atom. The van der Waals surface area contributed by atoms with Gasteiger partial charge in [-0.3, -0.25) is 4.79 Å². The van der Waals surface area contributed by atoms with Crippen LogP contribution >= 0.6 is 11.8 Å². The maximum absolute atomic E-state index is 11.8. The van der Waals surface area contributed by atoms with Crippen molar-refractivity contribution in [3.05, 3.63) is 0 Å². The fourth-order valence-corrected chi connectivity index (χ4v) is 3.65. The summed E-state index contributed by atoms with van der Waals surface area (Å²) in [6.45, 7) is 5.66. The number of hydrogen-bond donors (Lipinski definition) is 1. The number of unbranched alkanes of at least 4 members (excludes halogenated alkanes) is 1. The Labute approximate surface area is 127 Å². The zero-order valence-corrected chi connectivity index (χ0v) is 13.9. The Bertz CT molecular complexity index is 282. The molecule has 1 N–H and O–H groups in total. The van der Waals surface area contributed by atoms with Crippen LogP contribution in [0.2, 0.25) is 0 Å². The second-order valence-corrected chi connectivity index (χ2v) is 6.67. The monoisotopic (exact) mass is 303 g/mol. The van der Waals surface area contributed by atoms with Gasteiger partial charge in [-0.1, -0.05) is 13.3 Å². The number of esters is 1. The quantitative estimate of drug-likeness (QED) is 0.496. The second-order valence-electron chi connectivity index (χ2n) is 5.52. The zero-order chi connectivity index (χ0) is 14.8. The minimum atomic E-state index is -0.539. The lowest BCUT2D eigenvalue weighted by atomic mass is 9.95. The van der Waals surface area contributed by atoms with E-state index in [0.29, 0.717) is 6.10 Å². The van der Waals surface area contributed by atoms with E-state index in [-0.39, 0.29) is 5.97 Å². The first kappa shape index (κ1) is 17.8. The standard InChI is InChI=1S/C15H29NO3S/c1-4-16-15(2,14(17)18-3)9-5-6-11-20-12-13-8-7-10-19-13/h13,16H,4-12H2,1-3H3. The highest BCUT2D eigenvalue weighted by Gasteiger charge is 2.32. The summed E-state index contributed by atoms with van der Waals surface area (Å²) < 4.78 is 10.5. The van der Waals surface area contributed by atoms with Gasteiger partial charge in [-0.05, 0) is 44.9 Å². The van der Waals surface area contributed by atoms with Gasteiger partial charge in [-0.2, -0.15) is 11.8 Å². The lowest BCUT2D eigenvalue weighted by Crippen LogP contribution is -2.50. The Balaban J connectivity index is 2.12. The van der Waals surface area contributed by atoms with E-state index in [4.69, 9.17) is 9.47 Å². The molecule has 0 aromatic carbocycles. The molecule has 118 valence electrons. The van der Waals surface area contributed by atoms with Crippen LogP contribution in [0.3, 0.4) is 0 Å². The average molecular weight is 303 g/mol. The summed E-state index contributed by atoms with van der Waals surface area (Å²) >= 11 is 1.97. The van der Waals surface area contributed by atoms with Gasteiger partial charge in [-0.25, -0.2) is 0 Å². The fourth-order valence-electron chi connectivity index (χ4n) is 2.55. The van der Waals surface area contributed by atoms with Gasteiger partial charge in [0.05, 0.1) is 13.2 Å². The molecular formula is C15H29NO3S. The van der Waals surface area contributed by atoms with Crippen LogP contribution in [0.4, 0.5) is 0 Å². The van der Waals surface area contributed by atoms with Gasteiger partial charge in [0.1, 0.15) is 5.54 Å². The summed E-state index contributed by atoms with van der Waals surface area (Å²) in [4.78, 5) is 11.8. The van der Waals surface area contributed by atoms with Crippen molar-refractivity contribution in [3.8, 4) is 0 Å². The van der Waals surface area contributed by atoms with E-state index in [0.717, 1.165) is 43.9 Å². The van der Waals surface area contributed by atoms with Crippen molar-refractivity contribution >= 4 is 17.7 Å². The van der Waals surface area contributed by atoms with Crippen LogP contribution < -0.4 is 5.32 Å². The normalized spacial score (nSPS) is 21.6. The van der Waals surface area contributed by atoms with Gasteiger partial charge in [0.15, 0.2) is 0 Å². The lowest BCUT2D eigenvalue weighted by molar-refractivity contribution is -0.148. The average Bonchev–Trinajstić information content (AvgIpc) is 2.95. The van der Waals surface area contributed by atoms with Crippen molar-refractivity contribution in [1.82, 2.24) is 5.32 Å². The molecule has 0 amide bonds. The minimum Gasteiger partial charge on any atom is -0.468 e. The van der Waals surface area contributed by atoms with Crippen LogP contribution in [0.1, 0.15) is 46.0 Å². The number of carbonyl (C=O) groups is 1. The molecule has 0 radical (unpaired) electrons. The molecule has 1 fully saturated rings. The van der Waals surface area contributed by atoms with Crippen LogP contribution in [-0.2, 0) is 14.3 Å². The molecule has 0 saturated carbocycles. The third kappa shape index (κ3) is 6.02. The van der Waals surface area contributed by atoms with E-state index in [1.54, 1.807) is 0 Å². The summed E-state index contributed by atoms with van der Waals surface area (Å²) in [7, 11) is 1.45. The summed E-state index contributed by atoms with van der Waals surface area (Å²) in [5, 5.41) is 3.24. The van der Waals surface area contributed by atoms with E-state index < -0.39 is 5.54 Å². The van der Waals surface area contributed by atoms with Crippen molar-refractivity contribution in [3.63, 3.8) is 0 Å². The third-order valence-electron chi connectivity index (χ3n) is 3.75. The van der Waals surface area contributed by atoms with Gasteiger partial charge >= 0.3 is 5.97 Å². The molecule has 1 saturated heterocycles. The highest BCUT2D eigenvalue weighted by molar-refractivity contribution is 7.99. The molecule has 20 heavy (non-hydrogen) atoms. The van der Waals surface area contributed by atoms with Crippen molar-refractivity contribution in [2.45, 2.75) is 57.6 Å². The molecule has 2 atom stereocenters. The predicted molar refractivity (Wildman–Crippen MR) is 84.2 cm³/mol. The topological polar surface area (TPSA) is 47.6 Å². The zero-order valence-electron chi connectivity index (χ0n) is 13.1. The molecule has 1 aliphatic heterocycles. The first-order chi connectivity index (χ1) is 9.62. The first-order valence-electron chi connectivity index (χ1n) is 7.65. The molecule has 0 bridgehead atoms. The number of ether oxygens (including phenoxy) is 2. The van der Waals surface area contributed by atoms with Gasteiger partial charge in [0, 0.05) is 12.4 Å². The summed E-state index contributed by atoms with van der Waals surface area (Å²) in [5.74, 6) is 2.09. The summed E-state index contributed by atoms with van der Waals surface area (Å²) in [5.41, 5.74) is -0.539. The van der Waals surface area contributed by atoms with E-state index in [9.17, 15) is 4.79 Å². The Kier molecular flexibility index (Phi) is 8.57. The number of nitrogens with one attached hydrogen (secondary N) is 1. The maximum atomic E-state index is 11.8. The summed E-state index contributed by atoms with van der Waals surface area (Å²) in [6.07, 6.45) is 5.90. The number of likely N-dealkylation sites (N-methyl/N-ethyl adjacent to an activating group) is 1. The Morgan fingerprint density at radius 1 is 1.50 bits per heavy atom. The molecule has 4 nitrogen and oxygen atoms in total. The van der Waals surface area contributed by atoms with Crippen LogP contribution in [0.5, 0.6) is 0 Å². The predicted octanol–water partition coefficient (Wildman–Crippen LogP) is 2.61. The van der Waals surface area contributed by atoms with Gasteiger partial charge in [0.2, 0.25) is 0 Å². The fraction of sp³-hybridized carbons (Fsp3) is 0.933. The van der Waals surface area contributed by atoms with Crippen LogP contribution in [-0.4, -0.2) is 49.4 Å². The third-order valence-corrected chi connectivity index (χ3v) is 4.93. The molecule has 1 aliphatic rings. The van der Waals surface area contributed by atoms with Gasteiger partial charge in [-0.15, -0.1) is 0 Å². The van der Waals surface area contributed by atoms with E-state index >= 15 is 0 Å². The number of rotatable bonds is 10. The van der Waals surface area contributed by atoms with Crippen molar-refractivity contribution < 1.29 is 14.3 Å². The van der Waals surface area contributed by atoms with Crippen molar-refractivity contribution in [1.29, 1.82) is 0 Å². The van der Waals surface area contributed by atoms with E-state index in [1.165, 1.54) is 20.0 Å². The van der Waals surface area contributed by atoms with Crippen molar-refractivity contribution in [2.75, 3.05) is 31.8 Å². The maximum Gasteiger partial charge on any atom is 0.325 e. The molecule has 0 aromatic rings. The smallest absolute Gasteiger partial charge is 0.325 e. The molecule has 0 aromatic heterocycles. The Hall–Kier alpha value is -0.260. The van der Waals surface area contributed by atoms with Crippen LogP contribution in [0.25, 0.3) is 0 Å². The number of methoxy groups -OCH3 is 1. The molecule has 5 heteroatoms.